The highest BCUT2D eigenvalue weighted by molar-refractivity contribution is 6.33. The molecule has 2 aliphatic rings. The summed E-state index contributed by atoms with van der Waals surface area (Å²) in [5, 5.41) is 13.4. The lowest BCUT2D eigenvalue weighted by atomic mass is 9.76. The minimum atomic E-state index is -0.957. The van der Waals surface area contributed by atoms with E-state index in [1.54, 1.807) is 6.07 Å². The summed E-state index contributed by atoms with van der Waals surface area (Å²) in [6.45, 7) is 2.61. The summed E-state index contributed by atoms with van der Waals surface area (Å²) >= 11 is 6.43. The fourth-order valence-corrected chi connectivity index (χ4v) is 4.33. The molecule has 0 radical (unpaired) electrons. The number of rotatable bonds is 4. The molecule has 1 aliphatic carbocycles. The highest BCUT2D eigenvalue weighted by Crippen LogP contribution is 2.51. The van der Waals surface area contributed by atoms with Gasteiger partial charge in [-0.15, -0.1) is 0 Å². The van der Waals surface area contributed by atoms with Crippen molar-refractivity contribution in [2.75, 3.05) is 11.9 Å². The van der Waals surface area contributed by atoms with E-state index in [0.717, 1.165) is 23.4 Å². The van der Waals surface area contributed by atoms with Crippen molar-refractivity contribution in [1.82, 2.24) is 0 Å². The van der Waals surface area contributed by atoms with Crippen LogP contribution >= 0.6 is 11.6 Å². The second-order valence-electron chi connectivity index (χ2n) is 6.70. The fraction of sp³-hybridized carbons (Fsp3) is 0.286. The van der Waals surface area contributed by atoms with E-state index in [2.05, 4.69) is 29.6 Å². The van der Waals surface area contributed by atoms with Gasteiger partial charge in [-0.05, 0) is 54.7 Å². The standard InChI is InChI=1S/C21H20ClNO3/c1-2-26-14-8-6-12(7-9-14)19-16-5-3-4-15(16)17-10-13(21(24)25)11-18(22)20(17)23-19/h3-4,6-11,15-16,19,23H,2,5H2,1H3,(H,24,25)/t15-,16+,19+/m1/s1. The Labute approximate surface area is 157 Å². The number of allylic oxidation sites excluding steroid dienone is 2. The van der Waals surface area contributed by atoms with Crippen LogP contribution in [0.3, 0.4) is 0 Å². The van der Waals surface area contributed by atoms with Gasteiger partial charge in [-0.1, -0.05) is 35.9 Å². The molecule has 0 fully saturated rings. The zero-order chi connectivity index (χ0) is 18.3. The van der Waals surface area contributed by atoms with Gasteiger partial charge in [0.15, 0.2) is 0 Å². The van der Waals surface area contributed by atoms with Gasteiger partial charge in [0.25, 0.3) is 0 Å². The van der Waals surface area contributed by atoms with E-state index in [1.807, 2.05) is 19.1 Å². The number of nitrogens with one attached hydrogen (secondary N) is 1. The maximum atomic E-state index is 11.4. The van der Waals surface area contributed by atoms with Gasteiger partial charge in [-0.25, -0.2) is 4.79 Å². The molecular weight excluding hydrogens is 350 g/mol. The molecule has 26 heavy (non-hydrogen) atoms. The molecule has 0 aromatic heterocycles. The third-order valence-electron chi connectivity index (χ3n) is 5.22. The Morgan fingerprint density at radius 3 is 2.77 bits per heavy atom. The van der Waals surface area contributed by atoms with E-state index in [1.165, 1.54) is 11.6 Å². The van der Waals surface area contributed by atoms with Crippen LogP contribution in [0.25, 0.3) is 0 Å². The molecule has 0 amide bonds. The summed E-state index contributed by atoms with van der Waals surface area (Å²) in [4.78, 5) is 11.4. The molecule has 0 spiro atoms. The molecule has 4 rings (SSSR count). The maximum Gasteiger partial charge on any atom is 0.335 e. The first-order chi connectivity index (χ1) is 12.6. The number of hydrogen-bond donors (Lipinski definition) is 2. The number of ether oxygens (including phenoxy) is 1. The van der Waals surface area contributed by atoms with Gasteiger partial charge in [0.2, 0.25) is 0 Å². The van der Waals surface area contributed by atoms with Crippen LogP contribution in [0.15, 0.2) is 48.6 Å². The molecule has 2 aromatic rings. The maximum absolute atomic E-state index is 11.4. The molecule has 0 saturated heterocycles. The summed E-state index contributed by atoms with van der Waals surface area (Å²) < 4.78 is 5.54. The molecule has 0 bridgehead atoms. The van der Waals surface area contributed by atoms with E-state index in [4.69, 9.17) is 16.3 Å². The highest BCUT2D eigenvalue weighted by atomic mass is 35.5. The van der Waals surface area contributed by atoms with Crippen LogP contribution in [0.5, 0.6) is 5.75 Å². The molecule has 1 aliphatic heterocycles. The number of hydrogen-bond acceptors (Lipinski definition) is 3. The molecule has 0 saturated carbocycles. The average molecular weight is 370 g/mol. The Kier molecular flexibility index (Phi) is 4.37. The molecule has 4 nitrogen and oxygen atoms in total. The number of carboxylic acids is 1. The van der Waals surface area contributed by atoms with Crippen molar-refractivity contribution >= 4 is 23.3 Å². The quantitative estimate of drug-likeness (QED) is 0.721. The summed E-state index contributed by atoms with van der Waals surface area (Å²) in [6, 6.07) is 11.5. The van der Waals surface area contributed by atoms with Gasteiger partial charge in [-0.3, -0.25) is 0 Å². The zero-order valence-corrected chi connectivity index (χ0v) is 15.2. The number of anilines is 1. The molecular formula is C21H20ClNO3. The van der Waals surface area contributed by atoms with Gasteiger partial charge in [-0.2, -0.15) is 0 Å². The lowest BCUT2D eigenvalue weighted by molar-refractivity contribution is 0.0696. The van der Waals surface area contributed by atoms with E-state index in [0.29, 0.717) is 17.5 Å². The summed E-state index contributed by atoms with van der Waals surface area (Å²) in [6.07, 6.45) is 5.30. The Morgan fingerprint density at radius 1 is 1.31 bits per heavy atom. The van der Waals surface area contributed by atoms with Crippen LogP contribution in [0.4, 0.5) is 5.69 Å². The van der Waals surface area contributed by atoms with Gasteiger partial charge in [0.1, 0.15) is 5.75 Å². The number of benzene rings is 2. The topological polar surface area (TPSA) is 58.6 Å². The van der Waals surface area contributed by atoms with Crippen LogP contribution in [0.1, 0.15) is 46.8 Å². The Hall–Kier alpha value is -2.46. The Bertz CT molecular complexity index is 876. The van der Waals surface area contributed by atoms with Crippen molar-refractivity contribution < 1.29 is 14.6 Å². The minimum absolute atomic E-state index is 0.117. The van der Waals surface area contributed by atoms with Crippen molar-refractivity contribution in [3.05, 3.63) is 70.3 Å². The predicted molar refractivity (Wildman–Crippen MR) is 102 cm³/mol. The van der Waals surface area contributed by atoms with E-state index < -0.39 is 5.97 Å². The van der Waals surface area contributed by atoms with Crippen molar-refractivity contribution in [3.8, 4) is 5.75 Å². The van der Waals surface area contributed by atoms with E-state index in [-0.39, 0.29) is 17.5 Å². The Morgan fingerprint density at radius 2 is 2.08 bits per heavy atom. The molecule has 3 atom stereocenters. The first-order valence-electron chi connectivity index (χ1n) is 8.81. The molecule has 0 unspecified atom stereocenters. The molecule has 5 heteroatoms. The average Bonchev–Trinajstić information content (AvgIpc) is 3.12. The Balaban J connectivity index is 1.73. The molecule has 134 valence electrons. The largest absolute Gasteiger partial charge is 0.494 e. The molecule has 2 aromatic carbocycles. The number of halogens is 1. The fourth-order valence-electron chi connectivity index (χ4n) is 4.05. The zero-order valence-electron chi connectivity index (χ0n) is 14.4. The van der Waals surface area contributed by atoms with Crippen LogP contribution in [-0.4, -0.2) is 17.7 Å². The number of fused-ring (bicyclic) bond motifs is 3. The van der Waals surface area contributed by atoms with Gasteiger partial charge >= 0.3 is 5.97 Å². The molecule has 2 N–H and O–H groups in total. The summed E-state index contributed by atoms with van der Waals surface area (Å²) in [5.74, 6) is 0.403. The molecule has 1 heterocycles. The smallest absolute Gasteiger partial charge is 0.335 e. The summed E-state index contributed by atoms with van der Waals surface area (Å²) in [7, 11) is 0. The van der Waals surface area contributed by atoms with Crippen molar-refractivity contribution in [3.63, 3.8) is 0 Å². The van der Waals surface area contributed by atoms with Crippen molar-refractivity contribution in [1.29, 1.82) is 0 Å². The first kappa shape index (κ1) is 17.0. The van der Waals surface area contributed by atoms with Crippen LogP contribution in [0, 0.1) is 5.92 Å². The second kappa shape index (κ2) is 6.69. The lowest BCUT2D eigenvalue weighted by Crippen LogP contribution is -2.29. The SMILES string of the molecule is CCOc1ccc([C@@H]2Nc3c(Cl)cc(C(=O)O)cc3[C@@H]3C=CC[C@@H]32)cc1. The predicted octanol–water partition coefficient (Wildman–Crippen LogP) is 5.26. The van der Waals surface area contributed by atoms with Gasteiger partial charge in [0.05, 0.1) is 28.9 Å². The first-order valence-corrected chi connectivity index (χ1v) is 9.19. The second-order valence-corrected chi connectivity index (χ2v) is 7.11. The highest BCUT2D eigenvalue weighted by Gasteiger charge is 2.39. The van der Waals surface area contributed by atoms with Crippen molar-refractivity contribution in [2.45, 2.75) is 25.3 Å². The van der Waals surface area contributed by atoms with Gasteiger partial charge in [0, 0.05) is 5.92 Å². The number of carboxylic acid groups (broad SMARTS) is 1. The number of aromatic carboxylic acids is 1. The minimum Gasteiger partial charge on any atom is -0.494 e. The van der Waals surface area contributed by atoms with Crippen LogP contribution < -0.4 is 10.1 Å². The van der Waals surface area contributed by atoms with E-state index in [9.17, 15) is 9.90 Å². The monoisotopic (exact) mass is 369 g/mol. The number of carbonyl (C=O) groups is 1. The van der Waals surface area contributed by atoms with Gasteiger partial charge < -0.3 is 15.2 Å². The van der Waals surface area contributed by atoms with Crippen LogP contribution in [-0.2, 0) is 0 Å². The van der Waals surface area contributed by atoms with Crippen molar-refractivity contribution in [2.24, 2.45) is 5.92 Å². The normalized spacial score (nSPS) is 23.1. The lowest BCUT2D eigenvalue weighted by Gasteiger charge is -2.38. The van der Waals surface area contributed by atoms with Crippen LogP contribution in [0.2, 0.25) is 5.02 Å². The third kappa shape index (κ3) is 2.84. The third-order valence-corrected chi connectivity index (χ3v) is 5.52. The summed E-state index contributed by atoms with van der Waals surface area (Å²) in [5.41, 5.74) is 3.21. The van der Waals surface area contributed by atoms with E-state index >= 15 is 0 Å².